The molecule has 1 aromatic carbocycles. The van der Waals surface area contributed by atoms with Crippen molar-refractivity contribution in [2.75, 3.05) is 6.54 Å². The number of hydrogen-bond acceptors (Lipinski definition) is 2. The minimum Gasteiger partial charge on any atom is -0.327 e. The maximum Gasteiger partial charge on any atom is 0.123 e. The molecule has 0 radical (unpaired) electrons. The van der Waals surface area contributed by atoms with Crippen LogP contribution in [0.3, 0.4) is 0 Å². The van der Waals surface area contributed by atoms with Crippen LogP contribution in [-0.4, -0.2) is 16.7 Å². The number of halogens is 1. The number of aromatic nitrogens is 2. The highest BCUT2D eigenvalue weighted by atomic mass is 19.1. The number of hydrogen-bond donors (Lipinski definition) is 2. The van der Waals surface area contributed by atoms with Gasteiger partial charge in [0.15, 0.2) is 0 Å². The minimum absolute atomic E-state index is 0.263. The van der Waals surface area contributed by atoms with Gasteiger partial charge in [-0.05, 0) is 12.1 Å². The van der Waals surface area contributed by atoms with Crippen molar-refractivity contribution in [2.24, 2.45) is 5.73 Å². The minimum atomic E-state index is -0.263. The molecule has 1 heterocycles. The molecule has 0 aliphatic carbocycles. The van der Waals surface area contributed by atoms with E-state index in [2.05, 4.69) is 10.2 Å². The molecule has 16 heavy (non-hydrogen) atoms. The standard InChI is InChI=1S/C12H12FN3/c13-11-5-1-3-9(7-11)12-10(4-2-6-14)8-15-16-12/h1-5,7-8H,6,14H2,(H,15,16). The van der Waals surface area contributed by atoms with Gasteiger partial charge in [-0.1, -0.05) is 24.3 Å². The summed E-state index contributed by atoms with van der Waals surface area (Å²) in [7, 11) is 0. The SMILES string of the molecule is NCC=Cc1cn[nH]c1-c1cccc(F)c1. The van der Waals surface area contributed by atoms with Gasteiger partial charge in [-0.2, -0.15) is 5.10 Å². The molecule has 0 fully saturated rings. The molecule has 0 saturated carbocycles. The largest absolute Gasteiger partial charge is 0.327 e. The Morgan fingerprint density at radius 1 is 1.44 bits per heavy atom. The van der Waals surface area contributed by atoms with Crippen molar-refractivity contribution < 1.29 is 4.39 Å². The molecule has 1 aromatic heterocycles. The van der Waals surface area contributed by atoms with Gasteiger partial charge in [0.25, 0.3) is 0 Å². The zero-order chi connectivity index (χ0) is 11.4. The first-order chi connectivity index (χ1) is 7.81. The second-order valence-electron chi connectivity index (χ2n) is 3.35. The van der Waals surface area contributed by atoms with E-state index >= 15 is 0 Å². The molecule has 3 N–H and O–H groups in total. The van der Waals surface area contributed by atoms with Crippen molar-refractivity contribution in [3.05, 3.63) is 47.9 Å². The van der Waals surface area contributed by atoms with Crippen LogP contribution in [0.15, 0.2) is 36.5 Å². The van der Waals surface area contributed by atoms with Crippen LogP contribution >= 0.6 is 0 Å². The molecule has 2 aromatic rings. The Hall–Kier alpha value is -1.94. The van der Waals surface area contributed by atoms with Crippen molar-refractivity contribution in [2.45, 2.75) is 0 Å². The second-order valence-corrected chi connectivity index (χ2v) is 3.35. The van der Waals surface area contributed by atoms with Crippen molar-refractivity contribution in [1.29, 1.82) is 0 Å². The maximum atomic E-state index is 13.1. The van der Waals surface area contributed by atoms with Gasteiger partial charge in [0.2, 0.25) is 0 Å². The molecule has 0 unspecified atom stereocenters. The predicted octanol–water partition coefficient (Wildman–Crippen LogP) is 2.19. The first-order valence-corrected chi connectivity index (χ1v) is 4.97. The quantitative estimate of drug-likeness (QED) is 0.828. The zero-order valence-corrected chi connectivity index (χ0v) is 8.65. The van der Waals surface area contributed by atoms with Crippen LogP contribution < -0.4 is 5.73 Å². The van der Waals surface area contributed by atoms with Crippen LogP contribution in [0.1, 0.15) is 5.56 Å². The van der Waals surface area contributed by atoms with Crippen molar-refractivity contribution >= 4 is 6.08 Å². The summed E-state index contributed by atoms with van der Waals surface area (Å²) >= 11 is 0. The Labute approximate surface area is 92.8 Å². The maximum absolute atomic E-state index is 13.1. The average Bonchev–Trinajstić information content (AvgIpc) is 2.74. The van der Waals surface area contributed by atoms with E-state index in [1.165, 1.54) is 12.1 Å². The summed E-state index contributed by atoms with van der Waals surface area (Å²) in [4.78, 5) is 0. The zero-order valence-electron chi connectivity index (χ0n) is 8.65. The van der Waals surface area contributed by atoms with Gasteiger partial charge in [-0.25, -0.2) is 4.39 Å². The first-order valence-electron chi connectivity index (χ1n) is 4.97. The Morgan fingerprint density at radius 3 is 3.06 bits per heavy atom. The lowest BCUT2D eigenvalue weighted by molar-refractivity contribution is 0.628. The molecule has 0 aliphatic heterocycles. The molecular formula is C12H12FN3. The lowest BCUT2D eigenvalue weighted by Gasteiger charge is -1.99. The van der Waals surface area contributed by atoms with Crippen molar-refractivity contribution in [1.82, 2.24) is 10.2 Å². The number of nitrogens with one attached hydrogen (secondary N) is 1. The number of nitrogens with zero attached hydrogens (tertiary/aromatic N) is 1. The third kappa shape index (κ3) is 2.17. The van der Waals surface area contributed by atoms with E-state index < -0.39 is 0 Å². The number of nitrogens with two attached hydrogens (primary N) is 1. The molecule has 3 nitrogen and oxygen atoms in total. The van der Waals surface area contributed by atoms with E-state index in [0.29, 0.717) is 6.54 Å². The lowest BCUT2D eigenvalue weighted by atomic mass is 10.1. The van der Waals surface area contributed by atoms with E-state index in [1.807, 2.05) is 18.2 Å². The molecule has 0 bridgehead atoms. The molecule has 0 saturated heterocycles. The summed E-state index contributed by atoms with van der Waals surface area (Å²) in [5.74, 6) is -0.263. The van der Waals surface area contributed by atoms with Gasteiger partial charge in [-0.3, -0.25) is 5.10 Å². The number of benzene rings is 1. The van der Waals surface area contributed by atoms with Gasteiger partial charge < -0.3 is 5.73 Å². The van der Waals surface area contributed by atoms with Crippen molar-refractivity contribution in [3.8, 4) is 11.3 Å². The van der Waals surface area contributed by atoms with E-state index in [-0.39, 0.29) is 5.82 Å². The molecule has 82 valence electrons. The predicted molar refractivity (Wildman–Crippen MR) is 62.1 cm³/mol. The fraction of sp³-hybridized carbons (Fsp3) is 0.0833. The van der Waals surface area contributed by atoms with Crippen LogP contribution in [0.2, 0.25) is 0 Å². The highest BCUT2D eigenvalue weighted by molar-refractivity contribution is 5.71. The number of aromatic amines is 1. The van der Waals surface area contributed by atoms with E-state index in [4.69, 9.17) is 5.73 Å². The fourth-order valence-corrected chi connectivity index (χ4v) is 1.49. The Balaban J connectivity index is 2.40. The second kappa shape index (κ2) is 4.72. The Bertz CT molecular complexity index is 502. The smallest absolute Gasteiger partial charge is 0.123 e. The van der Waals surface area contributed by atoms with Gasteiger partial charge in [0.1, 0.15) is 5.82 Å². The summed E-state index contributed by atoms with van der Waals surface area (Å²) in [5, 5.41) is 6.79. The third-order valence-corrected chi connectivity index (χ3v) is 2.22. The Kier molecular flexibility index (Phi) is 3.12. The van der Waals surface area contributed by atoms with Gasteiger partial charge in [0.05, 0.1) is 11.9 Å². The van der Waals surface area contributed by atoms with Gasteiger partial charge in [0, 0.05) is 17.7 Å². The number of H-pyrrole nitrogens is 1. The summed E-state index contributed by atoms with van der Waals surface area (Å²) in [5.41, 5.74) is 7.85. The average molecular weight is 217 g/mol. The molecule has 0 atom stereocenters. The van der Waals surface area contributed by atoms with E-state index in [1.54, 1.807) is 12.3 Å². The highest BCUT2D eigenvalue weighted by Gasteiger charge is 2.05. The Morgan fingerprint density at radius 2 is 2.31 bits per heavy atom. The number of rotatable bonds is 3. The van der Waals surface area contributed by atoms with Crippen LogP contribution in [0, 0.1) is 5.82 Å². The fourth-order valence-electron chi connectivity index (χ4n) is 1.49. The van der Waals surface area contributed by atoms with Gasteiger partial charge >= 0.3 is 0 Å². The molecule has 0 amide bonds. The normalized spacial score (nSPS) is 11.1. The molecule has 0 spiro atoms. The highest BCUT2D eigenvalue weighted by Crippen LogP contribution is 2.22. The molecule has 4 heteroatoms. The summed E-state index contributed by atoms with van der Waals surface area (Å²) in [6.07, 6.45) is 5.38. The topological polar surface area (TPSA) is 54.7 Å². The van der Waals surface area contributed by atoms with E-state index in [0.717, 1.165) is 16.8 Å². The first kappa shape index (κ1) is 10.6. The molecule has 2 rings (SSSR count). The van der Waals surface area contributed by atoms with E-state index in [9.17, 15) is 4.39 Å². The summed E-state index contributed by atoms with van der Waals surface area (Å²) < 4.78 is 13.1. The monoisotopic (exact) mass is 217 g/mol. The summed E-state index contributed by atoms with van der Waals surface area (Å²) in [6, 6.07) is 6.38. The van der Waals surface area contributed by atoms with Crippen LogP contribution in [0.25, 0.3) is 17.3 Å². The lowest BCUT2D eigenvalue weighted by Crippen LogP contribution is -1.92. The van der Waals surface area contributed by atoms with Crippen LogP contribution in [0.5, 0.6) is 0 Å². The van der Waals surface area contributed by atoms with Crippen LogP contribution in [-0.2, 0) is 0 Å². The van der Waals surface area contributed by atoms with Gasteiger partial charge in [-0.15, -0.1) is 0 Å². The van der Waals surface area contributed by atoms with Crippen molar-refractivity contribution in [3.63, 3.8) is 0 Å². The molecule has 0 aliphatic rings. The molecular weight excluding hydrogens is 205 g/mol. The van der Waals surface area contributed by atoms with Crippen LogP contribution in [0.4, 0.5) is 4.39 Å². The third-order valence-electron chi connectivity index (χ3n) is 2.22. The summed E-state index contributed by atoms with van der Waals surface area (Å²) in [6.45, 7) is 0.466.